The third kappa shape index (κ3) is 5.17. The van der Waals surface area contributed by atoms with E-state index >= 15 is 0 Å². The van der Waals surface area contributed by atoms with E-state index in [0.29, 0.717) is 23.9 Å². The summed E-state index contributed by atoms with van der Waals surface area (Å²) < 4.78 is 11.3. The molecule has 1 amide bonds. The van der Waals surface area contributed by atoms with E-state index in [4.69, 9.17) is 21.1 Å². The summed E-state index contributed by atoms with van der Waals surface area (Å²) in [6.07, 6.45) is -0.578. The van der Waals surface area contributed by atoms with Crippen molar-refractivity contribution < 1.29 is 14.3 Å². The molecule has 5 heteroatoms. The van der Waals surface area contributed by atoms with Crippen LogP contribution in [-0.4, -0.2) is 25.2 Å². The van der Waals surface area contributed by atoms with Crippen LogP contribution < -0.4 is 14.8 Å². The van der Waals surface area contributed by atoms with Crippen molar-refractivity contribution in [3.63, 3.8) is 0 Å². The van der Waals surface area contributed by atoms with E-state index in [-0.39, 0.29) is 5.91 Å². The van der Waals surface area contributed by atoms with E-state index in [1.807, 2.05) is 44.2 Å². The molecule has 0 spiro atoms. The molecule has 0 aliphatic carbocycles. The molecule has 0 aliphatic heterocycles. The second-order valence-electron chi connectivity index (χ2n) is 5.60. The fraction of sp³-hybridized carbons (Fsp3) is 0.316. The number of amides is 1. The van der Waals surface area contributed by atoms with Gasteiger partial charge in [0.15, 0.2) is 6.10 Å². The van der Waals surface area contributed by atoms with Crippen molar-refractivity contribution in [2.24, 2.45) is 0 Å². The van der Waals surface area contributed by atoms with Crippen molar-refractivity contribution in [3.05, 3.63) is 58.6 Å². The van der Waals surface area contributed by atoms with Crippen LogP contribution in [0.1, 0.15) is 18.1 Å². The molecule has 1 unspecified atom stereocenters. The van der Waals surface area contributed by atoms with E-state index < -0.39 is 6.10 Å². The van der Waals surface area contributed by atoms with E-state index in [1.54, 1.807) is 19.1 Å². The Labute approximate surface area is 147 Å². The summed E-state index contributed by atoms with van der Waals surface area (Å²) >= 11 is 6.00. The van der Waals surface area contributed by atoms with Crippen molar-refractivity contribution in [3.8, 4) is 11.5 Å². The Bertz CT molecular complexity index is 703. The molecule has 128 valence electrons. The van der Waals surface area contributed by atoms with Crippen molar-refractivity contribution in [2.75, 3.05) is 13.2 Å². The third-order valence-corrected chi connectivity index (χ3v) is 3.82. The van der Waals surface area contributed by atoms with Gasteiger partial charge in [0.1, 0.15) is 18.1 Å². The number of rotatable bonds is 7. The number of aryl methyl sites for hydroxylation is 2. The van der Waals surface area contributed by atoms with Crippen LogP contribution in [0, 0.1) is 13.8 Å². The van der Waals surface area contributed by atoms with Crippen LogP contribution in [0.4, 0.5) is 0 Å². The Kier molecular flexibility index (Phi) is 6.50. The van der Waals surface area contributed by atoms with Crippen LogP contribution >= 0.6 is 11.6 Å². The summed E-state index contributed by atoms with van der Waals surface area (Å²) in [6, 6.07) is 13.2. The standard InChI is InChI=1S/C19H22ClNO3/c1-13-8-9-14(2)18(12-13)24-15(3)19(22)21-10-11-23-17-7-5-4-6-16(17)20/h4-9,12,15H,10-11H2,1-3H3,(H,21,22). The monoisotopic (exact) mass is 347 g/mol. The van der Waals surface area contributed by atoms with Gasteiger partial charge in [0.05, 0.1) is 11.6 Å². The first-order valence-corrected chi connectivity index (χ1v) is 8.24. The van der Waals surface area contributed by atoms with Crippen LogP contribution in [0.3, 0.4) is 0 Å². The van der Waals surface area contributed by atoms with Crippen LogP contribution in [0.15, 0.2) is 42.5 Å². The van der Waals surface area contributed by atoms with Crippen molar-refractivity contribution in [1.82, 2.24) is 5.32 Å². The number of ether oxygens (including phenoxy) is 2. The normalized spacial score (nSPS) is 11.7. The van der Waals surface area contributed by atoms with Crippen molar-refractivity contribution in [2.45, 2.75) is 26.9 Å². The predicted molar refractivity (Wildman–Crippen MR) is 96.0 cm³/mol. The van der Waals surface area contributed by atoms with Crippen LogP contribution in [0.5, 0.6) is 11.5 Å². The highest BCUT2D eigenvalue weighted by atomic mass is 35.5. The highest BCUT2D eigenvalue weighted by Gasteiger charge is 2.15. The van der Waals surface area contributed by atoms with Gasteiger partial charge in [0.25, 0.3) is 5.91 Å². The Balaban J connectivity index is 1.77. The Morgan fingerprint density at radius 3 is 2.67 bits per heavy atom. The molecule has 0 bridgehead atoms. The molecule has 1 atom stereocenters. The van der Waals surface area contributed by atoms with Gasteiger partial charge in [-0.05, 0) is 50.1 Å². The number of benzene rings is 2. The lowest BCUT2D eigenvalue weighted by molar-refractivity contribution is -0.127. The first-order valence-electron chi connectivity index (χ1n) is 7.86. The highest BCUT2D eigenvalue weighted by Crippen LogP contribution is 2.23. The summed E-state index contributed by atoms with van der Waals surface area (Å²) in [4.78, 5) is 12.1. The molecule has 24 heavy (non-hydrogen) atoms. The number of para-hydroxylation sites is 1. The molecule has 0 radical (unpaired) electrons. The summed E-state index contributed by atoms with van der Waals surface area (Å²) in [5, 5.41) is 3.35. The maximum atomic E-state index is 12.1. The fourth-order valence-electron chi connectivity index (χ4n) is 2.12. The van der Waals surface area contributed by atoms with E-state index in [0.717, 1.165) is 16.9 Å². The van der Waals surface area contributed by atoms with E-state index in [1.165, 1.54) is 0 Å². The van der Waals surface area contributed by atoms with Gasteiger partial charge in [0.2, 0.25) is 0 Å². The smallest absolute Gasteiger partial charge is 0.260 e. The topological polar surface area (TPSA) is 47.6 Å². The van der Waals surface area contributed by atoms with Gasteiger partial charge in [-0.1, -0.05) is 35.9 Å². The van der Waals surface area contributed by atoms with Gasteiger partial charge in [-0.2, -0.15) is 0 Å². The van der Waals surface area contributed by atoms with Gasteiger partial charge in [-0.25, -0.2) is 0 Å². The molecule has 4 nitrogen and oxygen atoms in total. The summed E-state index contributed by atoms with van der Waals surface area (Å²) in [7, 11) is 0. The lowest BCUT2D eigenvalue weighted by Gasteiger charge is -2.17. The van der Waals surface area contributed by atoms with Gasteiger partial charge in [-0.3, -0.25) is 4.79 Å². The second kappa shape index (κ2) is 8.60. The van der Waals surface area contributed by atoms with E-state index in [9.17, 15) is 4.79 Å². The number of halogens is 1. The molecular weight excluding hydrogens is 326 g/mol. The van der Waals surface area contributed by atoms with Gasteiger partial charge >= 0.3 is 0 Å². The Hall–Kier alpha value is -2.20. The number of hydrogen-bond donors (Lipinski definition) is 1. The van der Waals surface area contributed by atoms with Gasteiger partial charge in [-0.15, -0.1) is 0 Å². The number of nitrogens with one attached hydrogen (secondary N) is 1. The largest absolute Gasteiger partial charge is 0.490 e. The maximum absolute atomic E-state index is 12.1. The van der Waals surface area contributed by atoms with Crippen LogP contribution in [-0.2, 0) is 4.79 Å². The Morgan fingerprint density at radius 2 is 1.92 bits per heavy atom. The first-order chi connectivity index (χ1) is 11.5. The third-order valence-electron chi connectivity index (χ3n) is 3.51. The van der Waals surface area contributed by atoms with Crippen molar-refractivity contribution >= 4 is 17.5 Å². The molecule has 0 fully saturated rings. The van der Waals surface area contributed by atoms with Crippen LogP contribution in [0.25, 0.3) is 0 Å². The zero-order valence-corrected chi connectivity index (χ0v) is 14.9. The minimum absolute atomic E-state index is 0.182. The van der Waals surface area contributed by atoms with Crippen LogP contribution in [0.2, 0.25) is 5.02 Å². The summed E-state index contributed by atoms with van der Waals surface area (Å²) in [5.41, 5.74) is 2.10. The molecule has 0 aliphatic rings. The minimum Gasteiger partial charge on any atom is -0.490 e. The zero-order valence-electron chi connectivity index (χ0n) is 14.1. The number of hydrogen-bond acceptors (Lipinski definition) is 3. The molecule has 2 aromatic carbocycles. The Morgan fingerprint density at radius 1 is 1.17 bits per heavy atom. The SMILES string of the molecule is Cc1ccc(C)c(OC(C)C(=O)NCCOc2ccccc2Cl)c1. The molecular formula is C19H22ClNO3. The second-order valence-corrected chi connectivity index (χ2v) is 6.01. The predicted octanol–water partition coefficient (Wildman–Crippen LogP) is 3.92. The van der Waals surface area contributed by atoms with E-state index in [2.05, 4.69) is 5.32 Å². The molecule has 2 aromatic rings. The highest BCUT2D eigenvalue weighted by molar-refractivity contribution is 6.32. The minimum atomic E-state index is -0.578. The van der Waals surface area contributed by atoms with Crippen molar-refractivity contribution in [1.29, 1.82) is 0 Å². The lowest BCUT2D eigenvalue weighted by Crippen LogP contribution is -2.38. The van der Waals surface area contributed by atoms with Gasteiger partial charge in [0, 0.05) is 0 Å². The molecule has 0 saturated carbocycles. The molecule has 0 aromatic heterocycles. The number of carbonyl (C=O) groups excluding carboxylic acids is 1. The first kappa shape index (κ1) is 18.1. The fourth-order valence-corrected chi connectivity index (χ4v) is 2.31. The van der Waals surface area contributed by atoms with Gasteiger partial charge < -0.3 is 14.8 Å². The average Bonchev–Trinajstić information content (AvgIpc) is 2.56. The summed E-state index contributed by atoms with van der Waals surface area (Å²) in [5.74, 6) is 1.15. The maximum Gasteiger partial charge on any atom is 0.260 e. The molecule has 1 N–H and O–H groups in total. The molecule has 0 heterocycles. The zero-order chi connectivity index (χ0) is 17.5. The summed E-state index contributed by atoms with van der Waals surface area (Å²) in [6.45, 7) is 6.39. The molecule has 2 rings (SSSR count). The average molecular weight is 348 g/mol. The number of carbonyl (C=O) groups is 1. The quantitative estimate of drug-likeness (QED) is 0.772. The lowest BCUT2D eigenvalue weighted by atomic mass is 10.1. The molecule has 0 saturated heterocycles.